The highest BCUT2D eigenvalue weighted by Gasteiger charge is 2.30. The lowest BCUT2D eigenvalue weighted by Gasteiger charge is -2.22. The molecule has 6 heteroatoms. The number of fused-ring (bicyclic) bond motifs is 2. The molecule has 2 N–H and O–H groups in total. The Hall–Kier alpha value is -2.70. The molecule has 2 aromatic carbocycles. The van der Waals surface area contributed by atoms with Crippen molar-refractivity contribution in [2.75, 3.05) is 25.5 Å². The van der Waals surface area contributed by atoms with Gasteiger partial charge >= 0.3 is 5.97 Å². The SMILES string of the molecule is CC[NH+]1CCc2c(sc(NC(=O)c3cccc4ccccc34)c2C(=O)OC)C1. The van der Waals surface area contributed by atoms with Gasteiger partial charge in [0.1, 0.15) is 11.5 Å². The van der Waals surface area contributed by atoms with Crippen molar-refractivity contribution in [3.8, 4) is 0 Å². The number of esters is 1. The molecule has 1 amide bonds. The molecule has 0 radical (unpaired) electrons. The van der Waals surface area contributed by atoms with Crippen molar-refractivity contribution in [1.82, 2.24) is 0 Å². The maximum atomic E-state index is 13.1. The van der Waals surface area contributed by atoms with Crippen molar-refractivity contribution in [2.24, 2.45) is 0 Å². The van der Waals surface area contributed by atoms with Gasteiger partial charge in [-0.25, -0.2) is 4.79 Å². The fraction of sp³-hybridized carbons (Fsp3) is 0.273. The van der Waals surface area contributed by atoms with E-state index in [0.717, 1.165) is 47.3 Å². The van der Waals surface area contributed by atoms with Crippen LogP contribution < -0.4 is 10.2 Å². The molecule has 4 rings (SSSR count). The van der Waals surface area contributed by atoms with E-state index < -0.39 is 0 Å². The van der Waals surface area contributed by atoms with Crippen molar-refractivity contribution in [1.29, 1.82) is 0 Å². The molecule has 0 saturated heterocycles. The quantitative estimate of drug-likeness (QED) is 0.668. The summed E-state index contributed by atoms with van der Waals surface area (Å²) < 4.78 is 5.02. The number of nitrogens with one attached hydrogen (secondary N) is 2. The number of hydrogen-bond acceptors (Lipinski definition) is 4. The normalized spacial score (nSPS) is 15.9. The number of ether oxygens (including phenoxy) is 1. The fourth-order valence-corrected chi connectivity index (χ4v) is 5.14. The first-order valence-corrected chi connectivity index (χ1v) is 10.3. The third-order valence-corrected chi connectivity index (χ3v) is 6.53. The van der Waals surface area contributed by atoms with Crippen molar-refractivity contribution in [3.63, 3.8) is 0 Å². The van der Waals surface area contributed by atoms with Crippen LogP contribution >= 0.6 is 11.3 Å². The lowest BCUT2D eigenvalue weighted by molar-refractivity contribution is -0.913. The van der Waals surface area contributed by atoms with E-state index in [1.807, 2.05) is 42.5 Å². The molecule has 0 bridgehead atoms. The lowest BCUT2D eigenvalue weighted by atomic mass is 10.0. The van der Waals surface area contributed by atoms with Gasteiger partial charge in [0, 0.05) is 12.0 Å². The summed E-state index contributed by atoms with van der Waals surface area (Å²) in [4.78, 5) is 28.2. The van der Waals surface area contributed by atoms with Gasteiger partial charge in [0.15, 0.2) is 0 Å². The molecule has 0 fully saturated rings. The number of rotatable bonds is 4. The van der Waals surface area contributed by atoms with Gasteiger partial charge < -0.3 is 15.0 Å². The highest BCUT2D eigenvalue weighted by molar-refractivity contribution is 7.17. The zero-order valence-electron chi connectivity index (χ0n) is 16.0. The van der Waals surface area contributed by atoms with E-state index in [1.165, 1.54) is 23.3 Å². The van der Waals surface area contributed by atoms with Crippen molar-refractivity contribution in [3.05, 3.63) is 64.0 Å². The zero-order valence-corrected chi connectivity index (χ0v) is 16.8. The minimum atomic E-state index is -0.384. The van der Waals surface area contributed by atoms with Crippen molar-refractivity contribution in [2.45, 2.75) is 19.9 Å². The first-order valence-electron chi connectivity index (χ1n) is 9.48. The number of methoxy groups -OCH3 is 1. The van der Waals surface area contributed by atoms with Crippen LogP contribution in [0.4, 0.5) is 5.00 Å². The van der Waals surface area contributed by atoms with E-state index in [2.05, 4.69) is 12.2 Å². The summed E-state index contributed by atoms with van der Waals surface area (Å²) in [5.41, 5.74) is 2.15. The number of carbonyl (C=O) groups excluding carboxylic acids is 2. The van der Waals surface area contributed by atoms with Crippen LogP contribution in [-0.4, -0.2) is 32.1 Å². The molecule has 144 valence electrons. The highest BCUT2D eigenvalue weighted by Crippen LogP contribution is 2.35. The number of carbonyl (C=O) groups is 2. The van der Waals surface area contributed by atoms with Crippen LogP contribution in [0.1, 0.15) is 38.1 Å². The molecule has 1 atom stereocenters. The molecule has 1 aliphatic heterocycles. The fourth-order valence-electron chi connectivity index (χ4n) is 3.84. The summed E-state index contributed by atoms with van der Waals surface area (Å²) in [5.74, 6) is -0.592. The Morgan fingerprint density at radius 1 is 1.18 bits per heavy atom. The van der Waals surface area contributed by atoms with Gasteiger partial charge in [-0.2, -0.15) is 0 Å². The maximum Gasteiger partial charge on any atom is 0.341 e. The Balaban J connectivity index is 1.72. The molecule has 1 aromatic heterocycles. The molecule has 28 heavy (non-hydrogen) atoms. The van der Waals surface area contributed by atoms with E-state index in [1.54, 1.807) is 0 Å². The predicted octanol–water partition coefficient (Wildman–Crippen LogP) is 2.90. The summed E-state index contributed by atoms with van der Waals surface area (Å²) in [6.07, 6.45) is 0.823. The van der Waals surface area contributed by atoms with Crippen molar-refractivity contribution >= 4 is 39.0 Å². The number of likely N-dealkylation sites (N-methyl/N-ethyl adjacent to an activating group) is 1. The van der Waals surface area contributed by atoms with Gasteiger partial charge in [0.25, 0.3) is 5.91 Å². The Morgan fingerprint density at radius 2 is 1.96 bits per heavy atom. The highest BCUT2D eigenvalue weighted by atomic mass is 32.1. The second-order valence-corrected chi connectivity index (χ2v) is 8.07. The van der Waals surface area contributed by atoms with E-state index in [0.29, 0.717) is 16.1 Å². The van der Waals surface area contributed by atoms with Gasteiger partial charge in [-0.1, -0.05) is 36.4 Å². The number of quaternary nitrogens is 1. The molecule has 1 unspecified atom stereocenters. The summed E-state index contributed by atoms with van der Waals surface area (Å²) in [6, 6.07) is 13.5. The average Bonchev–Trinajstić information content (AvgIpc) is 3.09. The maximum absolute atomic E-state index is 13.1. The summed E-state index contributed by atoms with van der Waals surface area (Å²) in [7, 11) is 1.38. The first kappa shape index (κ1) is 18.7. The molecule has 0 aliphatic carbocycles. The monoisotopic (exact) mass is 395 g/mol. The van der Waals surface area contributed by atoms with E-state index in [-0.39, 0.29) is 11.9 Å². The summed E-state index contributed by atoms with van der Waals surface area (Å²) >= 11 is 1.50. The molecular formula is C22H23N2O3S+. The summed E-state index contributed by atoms with van der Waals surface area (Å²) in [5, 5.41) is 5.49. The molecule has 3 aromatic rings. The Labute approximate surface area is 167 Å². The van der Waals surface area contributed by atoms with Crippen LogP contribution in [0.2, 0.25) is 0 Å². The number of benzene rings is 2. The number of hydrogen-bond donors (Lipinski definition) is 2. The standard InChI is InChI=1S/C22H22N2O3S/c1-3-24-12-11-17-18(13-24)28-21(19(17)22(26)27-2)23-20(25)16-10-6-8-14-7-4-5-9-15(14)16/h4-10H,3,11-13H2,1-2H3,(H,23,25)/p+1. The van der Waals surface area contributed by atoms with E-state index in [9.17, 15) is 9.59 Å². The van der Waals surface area contributed by atoms with Gasteiger partial charge in [0.05, 0.1) is 30.6 Å². The largest absolute Gasteiger partial charge is 0.465 e. The van der Waals surface area contributed by atoms with Crippen LogP contribution in [0.25, 0.3) is 10.8 Å². The summed E-state index contributed by atoms with van der Waals surface area (Å²) in [6.45, 7) is 5.08. The first-order chi connectivity index (χ1) is 13.6. The van der Waals surface area contributed by atoms with E-state index >= 15 is 0 Å². The Bertz CT molecular complexity index is 1050. The molecule has 5 nitrogen and oxygen atoms in total. The topological polar surface area (TPSA) is 59.8 Å². The van der Waals surface area contributed by atoms with Crippen LogP contribution in [0, 0.1) is 0 Å². The molecular weight excluding hydrogens is 372 g/mol. The molecule has 0 saturated carbocycles. The third kappa shape index (κ3) is 3.30. The van der Waals surface area contributed by atoms with Crippen molar-refractivity contribution < 1.29 is 19.2 Å². The minimum absolute atomic E-state index is 0.208. The van der Waals surface area contributed by atoms with E-state index in [4.69, 9.17) is 4.74 Å². The third-order valence-electron chi connectivity index (χ3n) is 5.38. The molecule has 2 heterocycles. The number of thiophene rings is 1. The number of anilines is 1. The van der Waals surface area contributed by atoms with Gasteiger partial charge in [-0.3, -0.25) is 4.79 Å². The zero-order chi connectivity index (χ0) is 19.7. The second kappa shape index (κ2) is 7.73. The van der Waals surface area contributed by atoms with Gasteiger partial charge in [0.2, 0.25) is 0 Å². The minimum Gasteiger partial charge on any atom is -0.465 e. The van der Waals surface area contributed by atoms with Gasteiger partial charge in [-0.15, -0.1) is 11.3 Å². The van der Waals surface area contributed by atoms with Gasteiger partial charge in [-0.05, 0) is 29.3 Å². The van der Waals surface area contributed by atoms with Crippen LogP contribution in [-0.2, 0) is 17.7 Å². The predicted molar refractivity (Wildman–Crippen MR) is 111 cm³/mol. The van der Waals surface area contributed by atoms with Crippen LogP contribution in [0.15, 0.2) is 42.5 Å². The van der Waals surface area contributed by atoms with Crippen LogP contribution in [0.5, 0.6) is 0 Å². The lowest BCUT2D eigenvalue weighted by Crippen LogP contribution is -3.11. The average molecular weight is 396 g/mol. The Morgan fingerprint density at radius 3 is 2.75 bits per heavy atom. The van der Waals surface area contributed by atoms with Crippen LogP contribution in [0.3, 0.4) is 0 Å². The molecule has 0 spiro atoms. The Kier molecular flexibility index (Phi) is 5.15. The smallest absolute Gasteiger partial charge is 0.341 e. The molecule has 1 aliphatic rings. The number of amides is 1. The second-order valence-electron chi connectivity index (χ2n) is 6.96.